The van der Waals surface area contributed by atoms with E-state index in [2.05, 4.69) is 10.6 Å². The van der Waals surface area contributed by atoms with Gasteiger partial charge in [0.2, 0.25) is 0 Å². The molecule has 1 heterocycles. The number of fused-ring (bicyclic) bond motifs is 1. The van der Waals surface area contributed by atoms with Crippen molar-refractivity contribution in [3.05, 3.63) is 79.6 Å². The van der Waals surface area contributed by atoms with Crippen molar-refractivity contribution in [2.75, 3.05) is 12.4 Å². The molecule has 32 heavy (non-hydrogen) atoms. The topological polar surface area (TPSA) is 67.4 Å². The number of halogens is 2. The first-order valence-corrected chi connectivity index (χ1v) is 11.9. The molecule has 0 saturated heterocycles. The molecule has 8 heteroatoms. The first-order valence-electron chi connectivity index (χ1n) is 10.3. The quantitative estimate of drug-likeness (QED) is 0.438. The molecule has 1 aliphatic carbocycles. The monoisotopic (exact) mass is 488 g/mol. The third kappa shape index (κ3) is 4.77. The van der Waals surface area contributed by atoms with Crippen molar-refractivity contribution in [2.45, 2.75) is 32.2 Å². The number of ether oxygens (including phenoxy) is 1. The smallest absolute Gasteiger partial charge is 0.256 e. The summed E-state index contributed by atoms with van der Waals surface area (Å²) in [5, 5.41) is 6.96. The minimum atomic E-state index is -0.382. The van der Waals surface area contributed by atoms with E-state index in [0.717, 1.165) is 41.7 Å². The van der Waals surface area contributed by atoms with Crippen molar-refractivity contribution in [3.8, 4) is 5.75 Å². The molecule has 4 rings (SSSR count). The van der Waals surface area contributed by atoms with Gasteiger partial charge >= 0.3 is 0 Å². The van der Waals surface area contributed by atoms with E-state index < -0.39 is 0 Å². The van der Waals surface area contributed by atoms with E-state index in [1.807, 2.05) is 30.3 Å². The second-order valence-corrected chi connectivity index (χ2v) is 9.43. The summed E-state index contributed by atoms with van der Waals surface area (Å²) in [6.07, 6.45) is 3.85. The molecule has 0 bridgehead atoms. The molecule has 0 spiro atoms. The number of nitrogens with one attached hydrogen (secondary N) is 2. The van der Waals surface area contributed by atoms with E-state index in [4.69, 9.17) is 27.9 Å². The zero-order valence-corrected chi connectivity index (χ0v) is 19.8. The molecular weight excluding hydrogens is 467 g/mol. The summed E-state index contributed by atoms with van der Waals surface area (Å²) >= 11 is 13.9. The van der Waals surface area contributed by atoms with Crippen molar-refractivity contribution in [2.24, 2.45) is 0 Å². The Labute approximate surface area is 200 Å². The summed E-state index contributed by atoms with van der Waals surface area (Å²) in [5.41, 5.74) is 2.90. The Kier molecular flexibility index (Phi) is 7.04. The maximum absolute atomic E-state index is 13.2. The van der Waals surface area contributed by atoms with E-state index in [-0.39, 0.29) is 21.9 Å². The SMILES string of the molecule is COc1c(Cl)cc(C(=O)Nc2sc3c(c2C(=O)NCc2ccccc2)CCCC3)cc1Cl. The summed E-state index contributed by atoms with van der Waals surface area (Å²) < 4.78 is 5.15. The fourth-order valence-corrected chi connectivity index (χ4v) is 5.75. The van der Waals surface area contributed by atoms with Crippen LogP contribution in [0.4, 0.5) is 5.00 Å². The van der Waals surface area contributed by atoms with Crippen LogP contribution < -0.4 is 15.4 Å². The number of thiophene rings is 1. The summed E-state index contributed by atoms with van der Waals surface area (Å²) in [6.45, 7) is 0.418. The highest BCUT2D eigenvalue weighted by Crippen LogP contribution is 2.39. The van der Waals surface area contributed by atoms with Gasteiger partial charge in [-0.1, -0.05) is 53.5 Å². The lowest BCUT2D eigenvalue weighted by Crippen LogP contribution is -2.25. The van der Waals surface area contributed by atoms with Gasteiger partial charge in [-0.05, 0) is 48.9 Å². The predicted molar refractivity (Wildman–Crippen MR) is 130 cm³/mol. The highest BCUT2D eigenvalue weighted by Gasteiger charge is 2.27. The first-order chi connectivity index (χ1) is 15.5. The van der Waals surface area contributed by atoms with Gasteiger partial charge in [0.1, 0.15) is 5.00 Å². The summed E-state index contributed by atoms with van der Waals surface area (Å²) in [7, 11) is 1.46. The summed E-state index contributed by atoms with van der Waals surface area (Å²) in [5.74, 6) is -0.251. The molecule has 0 fully saturated rings. The number of hydrogen-bond donors (Lipinski definition) is 2. The van der Waals surface area contributed by atoms with Crippen LogP contribution in [0.2, 0.25) is 10.0 Å². The molecule has 0 saturated carbocycles. The number of hydrogen-bond acceptors (Lipinski definition) is 4. The number of benzene rings is 2. The number of amides is 2. The largest absolute Gasteiger partial charge is 0.494 e. The van der Waals surface area contributed by atoms with Crippen LogP contribution in [0, 0.1) is 0 Å². The lowest BCUT2D eigenvalue weighted by atomic mass is 9.95. The lowest BCUT2D eigenvalue weighted by molar-refractivity contribution is 0.0951. The van der Waals surface area contributed by atoms with Crippen LogP contribution in [-0.2, 0) is 19.4 Å². The van der Waals surface area contributed by atoms with Gasteiger partial charge in [0, 0.05) is 17.0 Å². The predicted octanol–water partition coefficient (Wildman–Crippen LogP) is 6.12. The molecule has 0 atom stereocenters. The third-order valence-electron chi connectivity index (χ3n) is 5.39. The van der Waals surface area contributed by atoms with E-state index in [1.165, 1.54) is 30.6 Å². The Morgan fingerprint density at radius 2 is 1.72 bits per heavy atom. The Balaban J connectivity index is 1.60. The Bertz CT molecular complexity index is 1140. The van der Waals surface area contributed by atoms with Crippen LogP contribution in [0.1, 0.15) is 49.6 Å². The van der Waals surface area contributed by atoms with Gasteiger partial charge < -0.3 is 15.4 Å². The number of carbonyl (C=O) groups is 2. The molecule has 0 unspecified atom stereocenters. The summed E-state index contributed by atoms with van der Waals surface area (Å²) in [6, 6.07) is 12.7. The highest BCUT2D eigenvalue weighted by molar-refractivity contribution is 7.17. The lowest BCUT2D eigenvalue weighted by Gasteiger charge is -2.13. The molecule has 2 N–H and O–H groups in total. The molecule has 3 aromatic rings. The second-order valence-electron chi connectivity index (χ2n) is 7.51. The Morgan fingerprint density at radius 3 is 2.41 bits per heavy atom. The van der Waals surface area contributed by atoms with Crippen molar-refractivity contribution < 1.29 is 14.3 Å². The molecule has 1 aromatic heterocycles. The van der Waals surface area contributed by atoms with Crippen molar-refractivity contribution in [3.63, 3.8) is 0 Å². The Hall–Kier alpha value is -2.54. The standard InChI is InChI=1S/C24H22Cl2N2O3S/c1-31-21-17(25)11-15(12-18(21)26)22(29)28-24-20(16-9-5-6-10-19(16)32-24)23(30)27-13-14-7-3-2-4-8-14/h2-4,7-8,11-12H,5-6,9-10,13H2,1H3,(H,27,30)(H,28,29). The van der Waals surface area contributed by atoms with Crippen molar-refractivity contribution >= 4 is 51.4 Å². The average Bonchev–Trinajstić information content (AvgIpc) is 3.15. The second kappa shape index (κ2) is 9.94. The van der Waals surface area contributed by atoms with Gasteiger partial charge in [-0.3, -0.25) is 9.59 Å². The van der Waals surface area contributed by atoms with Gasteiger partial charge in [-0.15, -0.1) is 11.3 Å². The zero-order chi connectivity index (χ0) is 22.7. The van der Waals surface area contributed by atoms with Crippen LogP contribution in [0.3, 0.4) is 0 Å². The third-order valence-corrected chi connectivity index (χ3v) is 7.15. The van der Waals surface area contributed by atoms with Crippen LogP contribution in [0.5, 0.6) is 5.75 Å². The van der Waals surface area contributed by atoms with Crippen LogP contribution in [0.15, 0.2) is 42.5 Å². The fourth-order valence-electron chi connectivity index (χ4n) is 3.82. The van der Waals surface area contributed by atoms with Gasteiger partial charge in [-0.2, -0.15) is 0 Å². The number of rotatable bonds is 6. The van der Waals surface area contributed by atoms with E-state index in [0.29, 0.717) is 28.4 Å². The van der Waals surface area contributed by atoms with Gasteiger partial charge in [-0.25, -0.2) is 0 Å². The number of anilines is 1. The summed E-state index contributed by atoms with van der Waals surface area (Å²) in [4.78, 5) is 27.3. The van der Waals surface area contributed by atoms with Gasteiger partial charge in [0.15, 0.2) is 5.75 Å². The van der Waals surface area contributed by atoms with Crippen LogP contribution >= 0.6 is 34.5 Å². The Morgan fingerprint density at radius 1 is 1.03 bits per heavy atom. The van der Waals surface area contributed by atoms with Crippen LogP contribution in [-0.4, -0.2) is 18.9 Å². The average molecular weight is 489 g/mol. The highest BCUT2D eigenvalue weighted by atomic mass is 35.5. The minimum Gasteiger partial charge on any atom is -0.494 e. The fraction of sp³-hybridized carbons (Fsp3) is 0.250. The van der Waals surface area contributed by atoms with E-state index >= 15 is 0 Å². The van der Waals surface area contributed by atoms with E-state index in [1.54, 1.807) is 0 Å². The first kappa shape index (κ1) is 22.6. The maximum atomic E-state index is 13.2. The molecule has 5 nitrogen and oxygen atoms in total. The molecule has 1 aliphatic rings. The number of aryl methyl sites for hydroxylation is 1. The maximum Gasteiger partial charge on any atom is 0.256 e. The van der Waals surface area contributed by atoms with Crippen LogP contribution in [0.25, 0.3) is 0 Å². The normalized spacial score (nSPS) is 12.7. The zero-order valence-electron chi connectivity index (χ0n) is 17.5. The molecule has 2 amide bonds. The van der Waals surface area contributed by atoms with E-state index in [9.17, 15) is 9.59 Å². The molecule has 0 aliphatic heterocycles. The van der Waals surface area contributed by atoms with Gasteiger partial charge in [0.25, 0.3) is 11.8 Å². The molecular formula is C24H22Cl2N2O3S. The minimum absolute atomic E-state index is 0.186. The van der Waals surface area contributed by atoms with Crippen molar-refractivity contribution in [1.82, 2.24) is 5.32 Å². The van der Waals surface area contributed by atoms with Gasteiger partial charge in [0.05, 0.1) is 22.7 Å². The van der Waals surface area contributed by atoms with Crippen molar-refractivity contribution in [1.29, 1.82) is 0 Å². The molecule has 166 valence electrons. The molecule has 2 aromatic carbocycles. The number of methoxy groups -OCH3 is 1. The number of carbonyl (C=O) groups excluding carboxylic acids is 2. The molecule has 0 radical (unpaired) electrons.